The summed E-state index contributed by atoms with van der Waals surface area (Å²) in [5, 5.41) is 24.4. The predicted octanol–water partition coefficient (Wildman–Crippen LogP) is 3.62. The first-order chi connectivity index (χ1) is 15.5. The van der Waals surface area contributed by atoms with Gasteiger partial charge in [0.1, 0.15) is 12.4 Å². The van der Waals surface area contributed by atoms with Gasteiger partial charge in [-0.2, -0.15) is 0 Å². The SMILES string of the molecule is CC(C)(O)CCO/N=C/c1cc(C(=O)NOCCO)c(Nc2ccc(I)cc2F)c(F)c1F. The fourth-order valence-electron chi connectivity index (χ4n) is 2.43. The lowest BCUT2D eigenvalue weighted by Crippen LogP contribution is -2.26. The van der Waals surface area contributed by atoms with Crippen LogP contribution in [0, 0.1) is 21.0 Å². The van der Waals surface area contributed by atoms with E-state index < -0.39 is 52.4 Å². The van der Waals surface area contributed by atoms with Crippen molar-refractivity contribution in [1.82, 2.24) is 5.48 Å². The number of nitrogens with one attached hydrogen (secondary N) is 2. The van der Waals surface area contributed by atoms with Crippen molar-refractivity contribution in [2.75, 3.05) is 25.1 Å². The number of hydrogen-bond acceptors (Lipinski definition) is 7. The number of hydroxylamine groups is 1. The molecular formula is C21H23F3IN3O5. The topological polar surface area (TPSA) is 112 Å². The zero-order chi connectivity index (χ0) is 24.6. The molecule has 0 aromatic heterocycles. The van der Waals surface area contributed by atoms with Crippen LogP contribution in [0.3, 0.4) is 0 Å². The molecule has 180 valence electrons. The normalized spacial score (nSPS) is 11.6. The quantitative estimate of drug-likeness (QED) is 0.140. The van der Waals surface area contributed by atoms with Gasteiger partial charge in [-0.05, 0) is 60.7 Å². The number of aliphatic hydroxyl groups excluding tert-OH is 1. The average Bonchev–Trinajstić information content (AvgIpc) is 2.73. The van der Waals surface area contributed by atoms with Crippen molar-refractivity contribution < 1.29 is 37.9 Å². The Morgan fingerprint density at radius 1 is 1.21 bits per heavy atom. The van der Waals surface area contributed by atoms with Gasteiger partial charge in [0.05, 0.1) is 42.0 Å². The predicted molar refractivity (Wildman–Crippen MR) is 124 cm³/mol. The third kappa shape index (κ3) is 8.14. The number of amides is 1. The highest BCUT2D eigenvalue weighted by Gasteiger charge is 2.23. The Morgan fingerprint density at radius 2 is 1.94 bits per heavy atom. The van der Waals surface area contributed by atoms with Gasteiger partial charge < -0.3 is 20.4 Å². The largest absolute Gasteiger partial charge is 0.396 e. The monoisotopic (exact) mass is 581 g/mol. The highest BCUT2D eigenvalue weighted by molar-refractivity contribution is 14.1. The van der Waals surface area contributed by atoms with Crippen molar-refractivity contribution in [2.24, 2.45) is 5.16 Å². The van der Waals surface area contributed by atoms with Gasteiger partial charge in [0, 0.05) is 15.6 Å². The molecule has 2 rings (SSSR count). The van der Waals surface area contributed by atoms with E-state index in [2.05, 4.69) is 10.5 Å². The Hall–Kier alpha value is -2.42. The van der Waals surface area contributed by atoms with Crippen molar-refractivity contribution in [2.45, 2.75) is 25.9 Å². The summed E-state index contributed by atoms with van der Waals surface area (Å²) in [7, 11) is 0. The minimum Gasteiger partial charge on any atom is -0.396 e. The molecule has 2 aromatic carbocycles. The Morgan fingerprint density at radius 3 is 2.58 bits per heavy atom. The zero-order valence-electron chi connectivity index (χ0n) is 17.8. The van der Waals surface area contributed by atoms with E-state index in [1.807, 2.05) is 28.1 Å². The summed E-state index contributed by atoms with van der Waals surface area (Å²) in [5.74, 6) is -4.53. The van der Waals surface area contributed by atoms with Gasteiger partial charge >= 0.3 is 0 Å². The first-order valence-electron chi connectivity index (χ1n) is 9.68. The van der Waals surface area contributed by atoms with Crippen molar-refractivity contribution in [3.8, 4) is 0 Å². The van der Waals surface area contributed by atoms with E-state index >= 15 is 0 Å². The third-order valence-electron chi connectivity index (χ3n) is 4.10. The number of hydrogen-bond donors (Lipinski definition) is 4. The summed E-state index contributed by atoms with van der Waals surface area (Å²) in [4.78, 5) is 22.2. The fourth-order valence-corrected chi connectivity index (χ4v) is 2.88. The van der Waals surface area contributed by atoms with Crippen molar-refractivity contribution in [3.63, 3.8) is 0 Å². The van der Waals surface area contributed by atoms with Crippen molar-refractivity contribution >= 4 is 46.1 Å². The Kier molecular flexibility index (Phi) is 9.88. The van der Waals surface area contributed by atoms with E-state index in [0.29, 0.717) is 3.57 Å². The van der Waals surface area contributed by atoms with E-state index in [1.165, 1.54) is 18.2 Å². The number of anilines is 2. The number of halogens is 4. The van der Waals surface area contributed by atoms with Crippen LogP contribution in [0.1, 0.15) is 36.2 Å². The number of aliphatic hydroxyl groups is 2. The fraction of sp³-hybridized carbons (Fsp3) is 0.333. The summed E-state index contributed by atoms with van der Waals surface area (Å²) in [6.45, 7) is 2.52. The molecule has 0 aliphatic rings. The van der Waals surface area contributed by atoms with Gasteiger partial charge in [0.15, 0.2) is 11.6 Å². The van der Waals surface area contributed by atoms with Gasteiger partial charge in [-0.3, -0.25) is 9.63 Å². The second kappa shape index (κ2) is 12.2. The van der Waals surface area contributed by atoms with Crippen molar-refractivity contribution in [3.05, 3.63) is 56.4 Å². The van der Waals surface area contributed by atoms with Crippen LogP contribution in [0.2, 0.25) is 0 Å². The summed E-state index contributed by atoms with van der Waals surface area (Å²) in [6, 6.07) is 5.00. The van der Waals surface area contributed by atoms with Crippen LogP contribution in [0.4, 0.5) is 24.5 Å². The number of nitrogens with zero attached hydrogens (tertiary/aromatic N) is 1. The Labute approximate surface area is 201 Å². The molecule has 0 saturated heterocycles. The van der Waals surface area contributed by atoms with Crippen LogP contribution in [-0.4, -0.2) is 47.8 Å². The molecule has 12 heteroatoms. The molecule has 0 atom stereocenters. The minimum atomic E-state index is -1.46. The molecule has 1 amide bonds. The lowest BCUT2D eigenvalue weighted by molar-refractivity contribution is 0.0168. The summed E-state index contributed by atoms with van der Waals surface area (Å²) in [6.07, 6.45) is 1.10. The molecule has 0 saturated carbocycles. The zero-order valence-corrected chi connectivity index (χ0v) is 20.0. The van der Waals surface area contributed by atoms with Gasteiger partial charge in [0.2, 0.25) is 0 Å². The van der Waals surface area contributed by atoms with E-state index in [9.17, 15) is 23.1 Å². The van der Waals surface area contributed by atoms with Gasteiger partial charge in [0.25, 0.3) is 5.91 Å². The van der Waals surface area contributed by atoms with Crippen LogP contribution in [-0.2, 0) is 9.68 Å². The Balaban J connectivity index is 2.38. The molecule has 0 unspecified atom stereocenters. The van der Waals surface area contributed by atoms with Gasteiger partial charge in [-0.15, -0.1) is 0 Å². The highest BCUT2D eigenvalue weighted by Crippen LogP contribution is 2.30. The van der Waals surface area contributed by atoms with Crippen LogP contribution in [0.25, 0.3) is 0 Å². The molecule has 0 bridgehead atoms. The van der Waals surface area contributed by atoms with E-state index in [4.69, 9.17) is 14.8 Å². The molecule has 0 aliphatic heterocycles. The first kappa shape index (κ1) is 26.8. The third-order valence-corrected chi connectivity index (χ3v) is 4.77. The number of benzene rings is 2. The average molecular weight is 581 g/mol. The molecule has 0 spiro atoms. The number of rotatable bonds is 11. The van der Waals surface area contributed by atoms with E-state index in [0.717, 1.165) is 12.3 Å². The second-order valence-corrected chi connectivity index (χ2v) is 8.64. The van der Waals surface area contributed by atoms with Crippen molar-refractivity contribution in [1.29, 1.82) is 0 Å². The Bertz CT molecular complexity index is 1020. The molecule has 8 nitrogen and oxygen atoms in total. The number of oxime groups is 1. The first-order valence-corrected chi connectivity index (χ1v) is 10.8. The standard InChI is InChI=1S/C21H23F3IN3O5/c1-21(2,31)5-7-32-26-11-12-9-14(20(30)28-33-8-6-29)19(18(24)17(12)23)27-16-4-3-13(25)10-15(16)22/h3-4,9-11,27,29,31H,5-8H2,1-2H3,(H,28,30)/b26-11+. The highest BCUT2D eigenvalue weighted by atomic mass is 127. The maximum absolute atomic E-state index is 14.9. The molecule has 0 heterocycles. The molecule has 4 N–H and O–H groups in total. The van der Waals surface area contributed by atoms with Crippen LogP contribution < -0.4 is 10.8 Å². The molecule has 2 aromatic rings. The summed E-state index contributed by atoms with van der Waals surface area (Å²) in [5.41, 5.74) is -0.651. The summed E-state index contributed by atoms with van der Waals surface area (Å²) < 4.78 is 44.5. The maximum atomic E-state index is 14.9. The molecule has 0 aliphatic carbocycles. The van der Waals surface area contributed by atoms with Crippen LogP contribution in [0.15, 0.2) is 29.4 Å². The molecule has 0 radical (unpaired) electrons. The molecule has 33 heavy (non-hydrogen) atoms. The number of carbonyl (C=O) groups excluding carboxylic acids is 1. The lowest BCUT2D eigenvalue weighted by Gasteiger charge is -2.16. The van der Waals surface area contributed by atoms with Crippen LogP contribution >= 0.6 is 22.6 Å². The summed E-state index contributed by atoms with van der Waals surface area (Å²) >= 11 is 1.89. The van der Waals surface area contributed by atoms with E-state index in [1.54, 1.807) is 13.8 Å². The lowest BCUT2D eigenvalue weighted by atomic mass is 10.1. The van der Waals surface area contributed by atoms with Gasteiger partial charge in [-0.1, -0.05) is 5.16 Å². The smallest absolute Gasteiger partial charge is 0.277 e. The second-order valence-electron chi connectivity index (χ2n) is 7.40. The number of carbonyl (C=O) groups is 1. The molecular weight excluding hydrogens is 558 g/mol. The van der Waals surface area contributed by atoms with Gasteiger partial charge in [-0.25, -0.2) is 18.7 Å². The maximum Gasteiger partial charge on any atom is 0.277 e. The van der Waals surface area contributed by atoms with E-state index in [-0.39, 0.29) is 25.3 Å². The minimum absolute atomic E-state index is 0.0121. The molecule has 0 fully saturated rings. The van der Waals surface area contributed by atoms with Crippen LogP contribution in [0.5, 0.6) is 0 Å².